The fourth-order valence-electron chi connectivity index (χ4n) is 6.51. The number of rotatable bonds is 9. The quantitative estimate of drug-likeness (QED) is 0.324. The average molecular weight is 481 g/mol. The van der Waals surface area contributed by atoms with Crippen molar-refractivity contribution in [2.24, 2.45) is 23.7 Å². The van der Waals surface area contributed by atoms with Gasteiger partial charge in [-0.1, -0.05) is 75.8 Å². The van der Waals surface area contributed by atoms with Crippen LogP contribution in [-0.4, -0.2) is 0 Å². The number of halogens is 2. The molecule has 2 aromatic carbocycles. The smallest absolute Gasteiger partial charge is 0.201 e. The van der Waals surface area contributed by atoms with Crippen molar-refractivity contribution in [3.63, 3.8) is 0 Å². The highest BCUT2D eigenvalue weighted by Crippen LogP contribution is 2.43. The van der Waals surface area contributed by atoms with E-state index < -0.39 is 11.6 Å². The lowest BCUT2D eigenvalue weighted by atomic mass is 9.68. The van der Waals surface area contributed by atoms with Crippen LogP contribution in [0.2, 0.25) is 0 Å². The molecule has 2 saturated carbocycles. The van der Waals surface area contributed by atoms with Crippen LogP contribution in [0.25, 0.3) is 11.1 Å². The molecule has 2 aliphatic carbocycles. The topological polar surface area (TPSA) is 9.23 Å². The Balaban J connectivity index is 1.24. The number of hydrogen-bond donors (Lipinski definition) is 0. The second-order valence-corrected chi connectivity index (χ2v) is 10.9. The van der Waals surface area contributed by atoms with Crippen LogP contribution < -0.4 is 4.74 Å². The molecule has 0 atom stereocenters. The molecule has 0 saturated heterocycles. The Hall–Kier alpha value is -2.16. The van der Waals surface area contributed by atoms with Crippen molar-refractivity contribution in [3.8, 4) is 16.9 Å². The van der Waals surface area contributed by atoms with Crippen molar-refractivity contribution in [3.05, 3.63) is 65.9 Å². The summed E-state index contributed by atoms with van der Waals surface area (Å²) in [7, 11) is 0. The minimum absolute atomic E-state index is 0.0973. The summed E-state index contributed by atoms with van der Waals surface area (Å²) in [5.74, 6) is 1.89. The average Bonchev–Trinajstić information content (AvgIpc) is 2.90. The second kappa shape index (κ2) is 12.7. The number of aryl methyl sites for hydroxylation is 1. The summed E-state index contributed by atoms with van der Waals surface area (Å²) in [5.41, 5.74) is 2.24. The van der Waals surface area contributed by atoms with Crippen LogP contribution in [0.15, 0.2) is 48.7 Å². The molecule has 2 fully saturated rings. The van der Waals surface area contributed by atoms with Gasteiger partial charge in [0.2, 0.25) is 5.82 Å². The van der Waals surface area contributed by atoms with E-state index >= 15 is 0 Å². The predicted octanol–water partition coefficient (Wildman–Crippen LogP) is 9.89. The maximum Gasteiger partial charge on any atom is 0.201 e. The lowest BCUT2D eigenvalue weighted by molar-refractivity contribution is 0.141. The van der Waals surface area contributed by atoms with E-state index in [0.717, 1.165) is 30.1 Å². The van der Waals surface area contributed by atoms with Gasteiger partial charge >= 0.3 is 0 Å². The summed E-state index contributed by atoms with van der Waals surface area (Å²) >= 11 is 0. The highest BCUT2D eigenvalue weighted by atomic mass is 19.2. The number of hydrogen-bond acceptors (Lipinski definition) is 1. The van der Waals surface area contributed by atoms with E-state index in [1.54, 1.807) is 19.1 Å². The van der Waals surface area contributed by atoms with Gasteiger partial charge in [0.1, 0.15) is 0 Å². The van der Waals surface area contributed by atoms with E-state index in [4.69, 9.17) is 4.74 Å². The maximum atomic E-state index is 14.6. The molecule has 35 heavy (non-hydrogen) atoms. The van der Waals surface area contributed by atoms with Crippen molar-refractivity contribution in [1.29, 1.82) is 0 Å². The molecular formula is C32H42F2O. The first-order valence-electron chi connectivity index (χ1n) is 13.9. The van der Waals surface area contributed by atoms with Crippen LogP contribution >= 0.6 is 0 Å². The Morgan fingerprint density at radius 1 is 0.771 bits per heavy atom. The molecule has 2 aliphatic rings. The summed E-state index contributed by atoms with van der Waals surface area (Å²) < 4.78 is 34.1. The molecule has 4 rings (SSSR count). The predicted molar refractivity (Wildman–Crippen MR) is 141 cm³/mol. The van der Waals surface area contributed by atoms with Gasteiger partial charge in [-0.15, -0.1) is 0 Å². The molecule has 190 valence electrons. The molecular weight excluding hydrogens is 438 g/mol. The lowest BCUT2D eigenvalue weighted by Crippen LogP contribution is -2.26. The summed E-state index contributed by atoms with van der Waals surface area (Å²) in [4.78, 5) is 0. The van der Waals surface area contributed by atoms with Gasteiger partial charge in [0.15, 0.2) is 11.6 Å². The molecule has 0 amide bonds. The molecule has 0 unspecified atom stereocenters. The second-order valence-electron chi connectivity index (χ2n) is 10.9. The minimum Gasteiger partial charge on any atom is -0.462 e. The fraction of sp³-hybridized carbons (Fsp3) is 0.562. The van der Waals surface area contributed by atoms with Gasteiger partial charge in [-0.3, -0.25) is 0 Å². The van der Waals surface area contributed by atoms with E-state index in [9.17, 15) is 8.78 Å². The van der Waals surface area contributed by atoms with Gasteiger partial charge < -0.3 is 4.74 Å². The largest absolute Gasteiger partial charge is 0.462 e. The first-order chi connectivity index (χ1) is 17.1. The summed E-state index contributed by atoms with van der Waals surface area (Å²) in [6, 6.07) is 11.0. The molecule has 0 spiro atoms. The molecule has 0 N–H and O–H groups in total. The SMILES string of the molecule is C/C=C/Oc1ccc(-c2ccc(CCC3CCC(C4CCC(CCC)CC4)CC3)cc2)c(F)c1F. The zero-order valence-electron chi connectivity index (χ0n) is 21.6. The zero-order valence-corrected chi connectivity index (χ0v) is 21.6. The third-order valence-electron chi connectivity index (χ3n) is 8.63. The monoisotopic (exact) mass is 480 g/mol. The molecule has 3 heteroatoms. The van der Waals surface area contributed by atoms with Gasteiger partial charge in [-0.2, -0.15) is 4.39 Å². The zero-order chi connectivity index (χ0) is 24.6. The molecule has 0 heterocycles. The standard InChI is InChI=1S/C32H42F2O/c1-3-5-23-8-14-26(15-9-23)27-16-10-24(11-17-27)6-7-25-12-18-28(19-13-25)29-20-21-30(35-22-4-2)32(34)31(29)33/h4,12-13,18-24,26-27H,3,5-11,14-17H2,1-2H3/b22-4+. The van der Waals surface area contributed by atoms with Crippen molar-refractivity contribution in [2.45, 2.75) is 90.9 Å². The molecule has 0 radical (unpaired) electrons. The number of ether oxygens (including phenoxy) is 1. The Morgan fingerprint density at radius 3 is 1.94 bits per heavy atom. The van der Waals surface area contributed by atoms with Crippen LogP contribution in [0.3, 0.4) is 0 Å². The lowest BCUT2D eigenvalue weighted by Gasteiger charge is -2.38. The van der Waals surface area contributed by atoms with E-state index in [2.05, 4.69) is 19.1 Å². The molecule has 0 aliphatic heterocycles. The van der Waals surface area contributed by atoms with Crippen molar-refractivity contribution in [1.82, 2.24) is 0 Å². The normalized spacial score (nSPS) is 25.1. The first kappa shape index (κ1) is 25.9. The summed E-state index contributed by atoms with van der Waals surface area (Å²) in [6.07, 6.45) is 19.5. The fourth-order valence-corrected chi connectivity index (χ4v) is 6.51. The molecule has 2 aromatic rings. The van der Waals surface area contributed by atoms with E-state index in [0.29, 0.717) is 5.56 Å². The highest BCUT2D eigenvalue weighted by Gasteiger charge is 2.30. The molecule has 1 nitrogen and oxygen atoms in total. The van der Waals surface area contributed by atoms with E-state index in [1.165, 1.54) is 88.5 Å². The van der Waals surface area contributed by atoms with Crippen LogP contribution in [0.1, 0.15) is 90.0 Å². The van der Waals surface area contributed by atoms with Gasteiger partial charge in [0.25, 0.3) is 0 Å². The Kier molecular flexibility index (Phi) is 9.40. The van der Waals surface area contributed by atoms with Gasteiger partial charge in [0, 0.05) is 5.56 Å². The number of benzene rings is 2. The highest BCUT2D eigenvalue weighted by molar-refractivity contribution is 5.65. The van der Waals surface area contributed by atoms with Crippen molar-refractivity contribution in [2.75, 3.05) is 0 Å². The van der Waals surface area contributed by atoms with Gasteiger partial charge in [0.05, 0.1) is 6.26 Å². The minimum atomic E-state index is -0.950. The summed E-state index contributed by atoms with van der Waals surface area (Å²) in [5, 5.41) is 0. The Morgan fingerprint density at radius 2 is 1.37 bits per heavy atom. The van der Waals surface area contributed by atoms with E-state index in [-0.39, 0.29) is 11.3 Å². The van der Waals surface area contributed by atoms with Crippen LogP contribution in [-0.2, 0) is 6.42 Å². The van der Waals surface area contributed by atoms with Crippen LogP contribution in [0.5, 0.6) is 5.75 Å². The van der Waals surface area contributed by atoms with Crippen molar-refractivity contribution >= 4 is 0 Å². The van der Waals surface area contributed by atoms with Crippen molar-refractivity contribution < 1.29 is 13.5 Å². The van der Waals surface area contributed by atoms with Gasteiger partial charge in [-0.25, -0.2) is 4.39 Å². The Labute approximate surface area is 211 Å². The third kappa shape index (κ3) is 6.74. The molecule has 0 aromatic heterocycles. The summed E-state index contributed by atoms with van der Waals surface area (Å²) in [6.45, 7) is 4.08. The number of allylic oxidation sites excluding steroid dienone is 1. The maximum absolute atomic E-state index is 14.6. The Bertz CT molecular complexity index is 948. The van der Waals surface area contributed by atoms with Gasteiger partial charge in [-0.05, 0) is 92.4 Å². The molecule has 0 bridgehead atoms. The van der Waals surface area contributed by atoms with Crippen LogP contribution in [0, 0.1) is 35.3 Å². The third-order valence-corrected chi connectivity index (χ3v) is 8.63. The first-order valence-corrected chi connectivity index (χ1v) is 13.9. The van der Waals surface area contributed by atoms with Crippen LogP contribution in [0.4, 0.5) is 8.78 Å². The van der Waals surface area contributed by atoms with E-state index in [1.807, 2.05) is 12.1 Å².